The van der Waals surface area contributed by atoms with Gasteiger partial charge in [0.25, 0.3) is 5.56 Å². The highest BCUT2D eigenvalue weighted by Gasteiger charge is 2.12. The largest absolute Gasteiger partial charge is 0.342 e. The molecule has 0 amide bonds. The molecule has 0 aliphatic heterocycles. The Balaban J connectivity index is 1.74. The van der Waals surface area contributed by atoms with Crippen LogP contribution in [0.15, 0.2) is 53.3 Å². The molecule has 27 heavy (non-hydrogen) atoms. The molecule has 5 nitrogen and oxygen atoms in total. The van der Waals surface area contributed by atoms with Crippen molar-refractivity contribution in [3.63, 3.8) is 0 Å². The third-order valence-electron chi connectivity index (χ3n) is 4.50. The number of fused-ring (bicyclic) bond motifs is 1. The Hall–Kier alpha value is -2.73. The number of hydrogen-bond acceptors (Lipinski definition) is 3. The van der Waals surface area contributed by atoms with E-state index in [1.165, 1.54) is 5.56 Å². The molecule has 6 heteroatoms. The lowest BCUT2D eigenvalue weighted by atomic mass is 10.0. The Bertz CT molecular complexity index is 995. The van der Waals surface area contributed by atoms with E-state index in [1.807, 2.05) is 42.2 Å². The maximum Gasteiger partial charge on any atom is 0.258 e. The van der Waals surface area contributed by atoms with E-state index in [9.17, 15) is 4.79 Å². The van der Waals surface area contributed by atoms with Gasteiger partial charge in [0.15, 0.2) is 5.11 Å². The van der Waals surface area contributed by atoms with Crippen LogP contribution in [0.5, 0.6) is 0 Å². The van der Waals surface area contributed by atoms with Crippen LogP contribution < -0.4 is 10.9 Å². The number of thiocarbonyl (C=S) groups is 1. The molecule has 2 aromatic carbocycles. The molecule has 1 aromatic heterocycles. The van der Waals surface area contributed by atoms with E-state index in [1.54, 1.807) is 6.07 Å². The van der Waals surface area contributed by atoms with E-state index in [0.717, 1.165) is 5.69 Å². The van der Waals surface area contributed by atoms with Crippen LogP contribution in [0.2, 0.25) is 0 Å². The molecule has 2 N–H and O–H groups in total. The van der Waals surface area contributed by atoms with Gasteiger partial charge >= 0.3 is 0 Å². The fraction of sp³-hybridized carbons (Fsp3) is 0.286. The number of rotatable bonds is 5. The Morgan fingerprint density at radius 3 is 2.56 bits per heavy atom. The molecule has 0 saturated heterocycles. The van der Waals surface area contributed by atoms with Crippen LogP contribution in [-0.4, -0.2) is 26.5 Å². The zero-order chi connectivity index (χ0) is 19.4. The van der Waals surface area contributed by atoms with Gasteiger partial charge in [0.05, 0.1) is 17.4 Å². The summed E-state index contributed by atoms with van der Waals surface area (Å²) >= 11 is 5.56. The Labute approximate surface area is 164 Å². The smallest absolute Gasteiger partial charge is 0.258 e. The minimum Gasteiger partial charge on any atom is -0.342 e. The standard InChI is InChI=1S/C21H24N4OS/c1-4-25(21(27)22-16-11-9-15(10-12-16)14(2)3)13-19-23-18-8-6-5-7-17(18)20(26)24-19/h5-12,14H,4,13H2,1-3H3,(H,22,27)(H,23,24,26). The number of aromatic nitrogens is 2. The second-order valence-electron chi connectivity index (χ2n) is 6.75. The molecule has 0 radical (unpaired) electrons. The van der Waals surface area contributed by atoms with Crippen LogP contribution in [0.25, 0.3) is 10.9 Å². The van der Waals surface area contributed by atoms with E-state index in [4.69, 9.17) is 12.2 Å². The number of para-hydroxylation sites is 1. The Kier molecular flexibility index (Phi) is 5.86. The molecule has 0 aliphatic rings. The quantitative estimate of drug-likeness (QED) is 0.648. The molecule has 3 aromatic rings. The first-order valence-electron chi connectivity index (χ1n) is 9.11. The van der Waals surface area contributed by atoms with Crippen molar-refractivity contribution in [3.05, 3.63) is 70.3 Å². The lowest BCUT2D eigenvalue weighted by Crippen LogP contribution is -2.35. The van der Waals surface area contributed by atoms with Gasteiger partial charge in [-0.3, -0.25) is 4.79 Å². The molecule has 0 fully saturated rings. The third kappa shape index (κ3) is 4.52. The number of anilines is 1. The van der Waals surface area contributed by atoms with Crippen molar-refractivity contribution in [2.75, 3.05) is 11.9 Å². The van der Waals surface area contributed by atoms with Crippen molar-refractivity contribution in [3.8, 4) is 0 Å². The monoisotopic (exact) mass is 380 g/mol. The molecule has 140 valence electrons. The van der Waals surface area contributed by atoms with Gasteiger partial charge in [0.2, 0.25) is 0 Å². The van der Waals surface area contributed by atoms with Crippen LogP contribution in [0, 0.1) is 0 Å². The summed E-state index contributed by atoms with van der Waals surface area (Å²) in [6, 6.07) is 15.6. The zero-order valence-corrected chi connectivity index (χ0v) is 16.6. The second kappa shape index (κ2) is 8.31. The minimum atomic E-state index is -0.130. The zero-order valence-electron chi connectivity index (χ0n) is 15.8. The molecular weight excluding hydrogens is 356 g/mol. The van der Waals surface area contributed by atoms with E-state index in [2.05, 4.69) is 41.3 Å². The van der Waals surface area contributed by atoms with E-state index in [-0.39, 0.29) is 5.56 Å². The molecule has 0 aliphatic carbocycles. The van der Waals surface area contributed by atoms with Crippen molar-refractivity contribution >= 4 is 33.9 Å². The number of aromatic amines is 1. The normalized spacial score (nSPS) is 11.0. The fourth-order valence-corrected chi connectivity index (χ4v) is 3.18. The second-order valence-corrected chi connectivity index (χ2v) is 7.14. The molecule has 3 rings (SSSR count). The summed E-state index contributed by atoms with van der Waals surface area (Å²) in [7, 11) is 0. The van der Waals surface area contributed by atoms with E-state index < -0.39 is 0 Å². The average Bonchev–Trinajstić information content (AvgIpc) is 2.66. The van der Waals surface area contributed by atoms with Crippen molar-refractivity contribution in [2.24, 2.45) is 0 Å². The first-order chi connectivity index (χ1) is 13.0. The van der Waals surface area contributed by atoms with Gasteiger partial charge in [-0.15, -0.1) is 0 Å². The molecule has 0 bridgehead atoms. The fourth-order valence-electron chi connectivity index (χ4n) is 2.87. The first kappa shape index (κ1) is 19.0. The summed E-state index contributed by atoms with van der Waals surface area (Å²) in [4.78, 5) is 21.6. The number of nitrogens with one attached hydrogen (secondary N) is 2. The van der Waals surface area contributed by atoms with Crippen LogP contribution in [0.4, 0.5) is 5.69 Å². The van der Waals surface area contributed by atoms with Gasteiger partial charge in [-0.05, 0) is 54.9 Å². The first-order valence-corrected chi connectivity index (χ1v) is 9.52. The van der Waals surface area contributed by atoms with Crippen molar-refractivity contribution in [1.29, 1.82) is 0 Å². The number of H-pyrrole nitrogens is 1. The van der Waals surface area contributed by atoms with Crippen LogP contribution in [0.1, 0.15) is 38.1 Å². The lowest BCUT2D eigenvalue weighted by Gasteiger charge is -2.24. The molecule has 0 atom stereocenters. The SMILES string of the molecule is CCN(Cc1nc2ccccc2c(=O)[nH]1)C(=S)Nc1ccc(C(C)C)cc1. The van der Waals surface area contributed by atoms with E-state index in [0.29, 0.717) is 40.8 Å². The van der Waals surface area contributed by atoms with Crippen molar-refractivity contribution in [2.45, 2.75) is 33.2 Å². The molecular formula is C21H24N4OS. The summed E-state index contributed by atoms with van der Waals surface area (Å²) < 4.78 is 0. The Morgan fingerprint density at radius 2 is 1.89 bits per heavy atom. The summed E-state index contributed by atoms with van der Waals surface area (Å²) in [5, 5.41) is 4.46. The number of benzene rings is 2. The molecule has 0 saturated carbocycles. The minimum absolute atomic E-state index is 0.130. The summed E-state index contributed by atoms with van der Waals surface area (Å²) in [5.74, 6) is 1.09. The maximum atomic E-state index is 12.3. The summed E-state index contributed by atoms with van der Waals surface area (Å²) in [6.45, 7) is 7.50. The average molecular weight is 381 g/mol. The lowest BCUT2D eigenvalue weighted by molar-refractivity contribution is 0.429. The topological polar surface area (TPSA) is 61.0 Å². The van der Waals surface area contributed by atoms with Crippen LogP contribution in [-0.2, 0) is 6.54 Å². The Morgan fingerprint density at radius 1 is 1.19 bits per heavy atom. The molecule has 0 spiro atoms. The predicted molar refractivity (Wildman–Crippen MR) is 115 cm³/mol. The van der Waals surface area contributed by atoms with Gasteiger partial charge in [0.1, 0.15) is 5.82 Å². The van der Waals surface area contributed by atoms with Gasteiger partial charge in [-0.1, -0.05) is 38.1 Å². The van der Waals surface area contributed by atoms with Crippen LogP contribution in [0.3, 0.4) is 0 Å². The number of hydrogen-bond donors (Lipinski definition) is 2. The highest BCUT2D eigenvalue weighted by atomic mass is 32.1. The predicted octanol–water partition coefficient (Wildman–Crippen LogP) is 4.27. The van der Waals surface area contributed by atoms with E-state index >= 15 is 0 Å². The number of nitrogens with zero attached hydrogens (tertiary/aromatic N) is 2. The van der Waals surface area contributed by atoms with Gasteiger partial charge in [-0.2, -0.15) is 0 Å². The molecule has 0 unspecified atom stereocenters. The van der Waals surface area contributed by atoms with Crippen molar-refractivity contribution in [1.82, 2.24) is 14.9 Å². The third-order valence-corrected chi connectivity index (χ3v) is 4.86. The maximum absolute atomic E-state index is 12.3. The molecule has 1 heterocycles. The van der Waals surface area contributed by atoms with Gasteiger partial charge < -0.3 is 15.2 Å². The summed E-state index contributed by atoms with van der Waals surface area (Å²) in [6.07, 6.45) is 0. The summed E-state index contributed by atoms with van der Waals surface area (Å²) in [5.41, 5.74) is 2.80. The van der Waals surface area contributed by atoms with Gasteiger partial charge in [0, 0.05) is 12.2 Å². The highest BCUT2D eigenvalue weighted by Crippen LogP contribution is 2.17. The van der Waals surface area contributed by atoms with Crippen molar-refractivity contribution < 1.29 is 0 Å². The highest BCUT2D eigenvalue weighted by molar-refractivity contribution is 7.80. The van der Waals surface area contributed by atoms with Gasteiger partial charge in [-0.25, -0.2) is 4.98 Å². The van der Waals surface area contributed by atoms with Crippen LogP contribution >= 0.6 is 12.2 Å².